The Labute approximate surface area is 123 Å². The molecule has 2 aliphatic heterocycles. The topological polar surface area (TPSA) is 77.0 Å². The second-order valence-corrected chi connectivity index (χ2v) is 5.43. The van der Waals surface area contributed by atoms with Crippen LogP contribution in [0.4, 0.5) is 0 Å². The quantitative estimate of drug-likeness (QED) is 0.836. The Hall–Kier alpha value is -1.63. The zero-order chi connectivity index (χ0) is 15.0. The van der Waals surface area contributed by atoms with Crippen molar-refractivity contribution in [2.75, 3.05) is 20.3 Å². The summed E-state index contributed by atoms with van der Waals surface area (Å²) in [5.41, 5.74) is 1.50. The fraction of sp³-hybridized carbons (Fsp3) is 0.533. The molecule has 0 saturated carbocycles. The van der Waals surface area contributed by atoms with E-state index in [4.69, 9.17) is 14.2 Å². The summed E-state index contributed by atoms with van der Waals surface area (Å²) in [4.78, 5) is 12.3. The van der Waals surface area contributed by atoms with Crippen LogP contribution >= 0.6 is 0 Å². The number of ether oxygens (including phenoxy) is 3. The molecule has 2 N–H and O–H groups in total. The van der Waals surface area contributed by atoms with E-state index in [1.807, 2.05) is 13.0 Å². The third-order valence-electron chi connectivity index (χ3n) is 4.01. The van der Waals surface area contributed by atoms with Crippen molar-refractivity contribution in [3.05, 3.63) is 29.3 Å². The zero-order valence-corrected chi connectivity index (χ0v) is 12.0. The molecule has 2 saturated heterocycles. The molecule has 6 nitrogen and oxygen atoms in total. The van der Waals surface area contributed by atoms with E-state index < -0.39 is 6.10 Å². The van der Waals surface area contributed by atoms with E-state index in [0.717, 1.165) is 5.56 Å². The van der Waals surface area contributed by atoms with Crippen LogP contribution in [0, 0.1) is 6.92 Å². The number of methoxy groups -OCH3 is 1. The molecule has 3 rings (SSSR count). The summed E-state index contributed by atoms with van der Waals surface area (Å²) in [6, 6.07) is 5.07. The van der Waals surface area contributed by atoms with E-state index in [1.165, 1.54) is 0 Å². The molecule has 0 unspecified atom stereocenters. The van der Waals surface area contributed by atoms with Gasteiger partial charge >= 0.3 is 0 Å². The standard InChI is InChI=1S/C15H19NO5/c1-8-3-4-9(5-12(8)19-2)15(18)16-10-6-20-14-11(17)7-21-13(10)14/h3-5,10-11,13-14,17H,6-7H2,1-2H3,(H,16,18)/t10-,11+,13+,14+/m0/s1. The summed E-state index contributed by atoms with van der Waals surface area (Å²) >= 11 is 0. The lowest BCUT2D eigenvalue weighted by molar-refractivity contribution is 0.0178. The maximum absolute atomic E-state index is 12.3. The summed E-state index contributed by atoms with van der Waals surface area (Å²) in [5.74, 6) is 0.475. The molecule has 0 spiro atoms. The van der Waals surface area contributed by atoms with Gasteiger partial charge in [-0.15, -0.1) is 0 Å². The minimum absolute atomic E-state index is 0.201. The first kappa shape index (κ1) is 14.3. The number of hydrogen-bond acceptors (Lipinski definition) is 5. The third kappa shape index (κ3) is 2.62. The normalized spacial score (nSPS) is 31.0. The van der Waals surface area contributed by atoms with Gasteiger partial charge in [-0.2, -0.15) is 0 Å². The number of carbonyl (C=O) groups excluding carboxylic acids is 1. The van der Waals surface area contributed by atoms with Crippen LogP contribution in [0.25, 0.3) is 0 Å². The minimum atomic E-state index is -0.614. The number of benzene rings is 1. The molecule has 0 aromatic heterocycles. The Kier molecular flexibility index (Phi) is 3.84. The highest BCUT2D eigenvalue weighted by Crippen LogP contribution is 2.27. The molecule has 2 fully saturated rings. The molecular weight excluding hydrogens is 274 g/mol. The van der Waals surface area contributed by atoms with E-state index >= 15 is 0 Å². The number of amides is 1. The highest BCUT2D eigenvalue weighted by atomic mass is 16.6. The van der Waals surface area contributed by atoms with E-state index in [-0.39, 0.29) is 30.8 Å². The number of aryl methyl sites for hydroxylation is 1. The molecule has 6 heteroatoms. The van der Waals surface area contributed by atoms with Gasteiger partial charge in [0.15, 0.2) is 0 Å². The van der Waals surface area contributed by atoms with Crippen LogP contribution in [0.1, 0.15) is 15.9 Å². The van der Waals surface area contributed by atoms with Crippen molar-refractivity contribution in [2.45, 2.75) is 31.3 Å². The van der Waals surface area contributed by atoms with Crippen molar-refractivity contribution in [2.24, 2.45) is 0 Å². The van der Waals surface area contributed by atoms with Crippen molar-refractivity contribution < 1.29 is 24.1 Å². The van der Waals surface area contributed by atoms with Gasteiger partial charge in [0.1, 0.15) is 24.1 Å². The number of rotatable bonds is 3. The predicted molar refractivity (Wildman–Crippen MR) is 74.5 cm³/mol. The Morgan fingerprint density at radius 1 is 1.33 bits per heavy atom. The molecule has 2 aliphatic rings. The van der Waals surface area contributed by atoms with E-state index in [0.29, 0.717) is 17.9 Å². The first-order chi connectivity index (χ1) is 10.1. The highest BCUT2D eigenvalue weighted by Gasteiger charge is 2.47. The molecule has 0 bridgehead atoms. The number of hydrogen-bond donors (Lipinski definition) is 2. The molecule has 114 valence electrons. The second-order valence-electron chi connectivity index (χ2n) is 5.43. The van der Waals surface area contributed by atoms with Crippen molar-refractivity contribution in [3.8, 4) is 5.75 Å². The van der Waals surface area contributed by atoms with Crippen molar-refractivity contribution in [3.63, 3.8) is 0 Å². The van der Waals surface area contributed by atoms with Gasteiger partial charge in [-0.3, -0.25) is 4.79 Å². The van der Waals surface area contributed by atoms with Gasteiger partial charge in [-0.25, -0.2) is 0 Å². The molecule has 21 heavy (non-hydrogen) atoms. The zero-order valence-electron chi connectivity index (χ0n) is 12.0. The number of fused-ring (bicyclic) bond motifs is 1. The summed E-state index contributed by atoms with van der Waals surface area (Å²) in [5, 5.41) is 12.6. The van der Waals surface area contributed by atoms with E-state index in [2.05, 4.69) is 5.32 Å². The SMILES string of the molecule is COc1cc(C(=O)N[C@H]2CO[C@H]3[C@@H]2OC[C@H]3O)ccc1C. The smallest absolute Gasteiger partial charge is 0.251 e. The Morgan fingerprint density at radius 2 is 2.10 bits per heavy atom. The lowest BCUT2D eigenvalue weighted by Crippen LogP contribution is -2.44. The maximum atomic E-state index is 12.3. The van der Waals surface area contributed by atoms with Gasteiger partial charge in [0, 0.05) is 5.56 Å². The second kappa shape index (κ2) is 5.63. The minimum Gasteiger partial charge on any atom is -0.496 e. The maximum Gasteiger partial charge on any atom is 0.251 e. The summed E-state index contributed by atoms with van der Waals surface area (Å²) in [6.07, 6.45) is -1.24. The number of aliphatic hydroxyl groups is 1. The Bertz CT molecular complexity index is 547. The van der Waals surface area contributed by atoms with Gasteiger partial charge in [0.25, 0.3) is 5.91 Å². The fourth-order valence-electron chi connectivity index (χ4n) is 2.82. The highest BCUT2D eigenvalue weighted by molar-refractivity contribution is 5.95. The van der Waals surface area contributed by atoms with Gasteiger partial charge in [-0.05, 0) is 24.6 Å². The lowest BCUT2D eigenvalue weighted by atomic mass is 10.1. The molecule has 1 aromatic rings. The summed E-state index contributed by atoms with van der Waals surface area (Å²) in [6.45, 7) is 2.52. The van der Waals surface area contributed by atoms with Crippen LogP contribution in [0.5, 0.6) is 5.75 Å². The third-order valence-corrected chi connectivity index (χ3v) is 4.01. The van der Waals surface area contributed by atoms with Crippen molar-refractivity contribution >= 4 is 5.91 Å². The molecule has 1 amide bonds. The molecule has 4 atom stereocenters. The monoisotopic (exact) mass is 293 g/mol. The fourth-order valence-corrected chi connectivity index (χ4v) is 2.82. The Balaban J connectivity index is 1.69. The summed E-state index contributed by atoms with van der Waals surface area (Å²) in [7, 11) is 1.58. The van der Waals surface area contributed by atoms with Gasteiger partial charge < -0.3 is 24.6 Å². The average Bonchev–Trinajstić information content (AvgIpc) is 3.04. The first-order valence-electron chi connectivity index (χ1n) is 6.97. The molecule has 2 heterocycles. The van der Waals surface area contributed by atoms with Crippen molar-refractivity contribution in [1.82, 2.24) is 5.32 Å². The first-order valence-corrected chi connectivity index (χ1v) is 6.97. The van der Waals surface area contributed by atoms with Crippen LogP contribution in [-0.4, -0.2) is 55.7 Å². The van der Waals surface area contributed by atoms with Crippen LogP contribution in [-0.2, 0) is 9.47 Å². The van der Waals surface area contributed by atoms with Gasteiger partial charge in [0.05, 0.1) is 26.4 Å². The van der Waals surface area contributed by atoms with E-state index in [9.17, 15) is 9.90 Å². The average molecular weight is 293 g/mol. The van der Waals surface area contributed by atoms with Gasteiger partial charge in [0.2, 0.25) is 0 Å². The van der Waals surface area contributed by atoms with Crippen LogP contribution in [0.3, 0.4) is 0 Å². The number of aliphatic hydroxyl groups excluding tert-OH is 1. The van der Waals surface area contributed by atoms with E-state index in [1.54, 1.807) is 19.2 Å². The van der Waals surface area contributed by atoms with Gasteiger partial charge in [-0.1, -0.05) is 6.07 Å². The lowest BCUT2D eigenvalue weighted by Gasteiger charge is -2.17. The van der Waals surface area contributed by atoms with Crippen LogP contribution < -0.4 is 10.1 Å². The Morgan fingerprint density at radius 3 is 2.86 bits per heavy atom. The van der Waals surface area contributed by atoms with Crippen LogP contribution in [0.15, 0.2) is 18.2 Å². The largest absolute Gasteiger partial charge is 0.496 e. The molecular formula is C15H19NO5. The predicted octanol–water partition coefficient (Wildman–Crippen LogP) is 0.261. The molecule has 0 radical (unpaired) electrons. The molecule has 0 aliphatic carbocycles. The molecule has 1 aromatic carbocycles. The number of nitrogens with one attached hydrogen (secondary N) is 1. The van der Waals surface area contributed by atoms with Crippen LogP contribution in [0.2, 0.25) is 0 Å². The number of carbonyl (C=O) groups is 1. The summed E-state index contributed by atoms with van der Waals surface area (Å²) < 4.78 is 16.2. The van der Waals surface area contributed by atoms with Crippen molar-refractivity contribution in [1.29, 1.82) is 0 Å².